The number of fused-ring (bicyclic) bond motifs is 1. The van der Waals surface area contributed by atoms with Gasteiger partial charge in [0.25, 0.3) is 0 Å². The van der Waals surface area contributed by atoms with E-state index in [9.17, 15) is 9.90 Å². The molecule has 0 spiro atoms. The van der Waals surface area contributed by atoms with Gasteiger partial charge in [0.05, 0.1) is 18.3 Å². The summed E-state index contributed by atoms with van der Waals surface area (Å²) in [6, 6.07) is 12.6. The number of β-amino-alcohol motifs (C(OH)–C–C–N with tert-alkyl or cyclic N) is 1. The van der Waals surface area contributed by atoms with Gasteiger partial charge in [0, 0.05) is 25.8 Å². The molecule has 5 rings (SSSR count). The quantitative estimate of drug-likeness (QED) is 0.716. The van der Waals surface area contributed by atoms with Crippen LogP contribution >= 0.6 is 0 Å². The van der Waals surface area contributed by atoms with Gasteiger partial charge in [-0.15, -0.1) is 0 Å². The number of benzene rings is 1. The average molecular weight is 392 g/mol. The number of hydrogen-bond donors (Lipinski definition) is 2. The van der Waals surface area contributed by atoms with Gasteiger partial charge in [0.15, 0.2) is 5.65 Å². The molecule has 0 radical (unpaired) electrons. The van der Waals surface area contributed by atoms with Gasteiger partial charge < -0.3 is 20.2 Å². The summed E-state index contributed by atoms with van der Waals surface area (Å²) in [5.41, 5.74) is 2.49. The minimum absolute atomic E-state index is 0.230. The largest absolute Gasteiger partial charge is 0.391 e. The van der Waals surface area contributed by atoms with E-state index in [4.69, 9.17) is 4.98 Å². The van der Waals surface area contributed by atoms with Crippen molar-refractivity contribution in [1.29, 1.82) is 0 Å². The maximum atomic E-state index is 12.5. The van der Waals surface area contributed by atoms with Gasteiger partial charge in [0.2, 0.25) is 0 Å². The van der Waals surface area contributed by atoms with Crippen LogP contribution in [0, 0.1) is 0 Å². The summed E-state index contributed by atoms with van der Waals surface area (Å²) in [6.45, 7) is 1.86. The number of aliphatic hydroxyl groups excluding tert-OH is 1. The molecule has 2 aliphatic heterocycles. The van der Waals surface area contributed by atoms with Crippen molar-refractivity contribution in [3.05, 3.63) is 54.4 Å². The number of nitrogens with zero attached hydrogens (tertiary/aromatic N) is 5. The summed E-state index contributed by atoms with van der Waals surface area (Å²) in [5.74, 6) is 0.886. The van der Waals surface area contributed by atoms with E-state index < -0.39 is 6.10 Å². The maximum absolute atomic E-state index is 12.5. The number of hydrogen-bond acceptors (Lipinski definition) is 5. The summed E-state index contributed by atoms with van der Waals surface area (Å²) < 4.78 is 1.67. The molecule has 4 heterocycles. The first-order valence-corrected chi connectivity index (χ1v) is 10.1. The van der Waals surface area contributed by atoms with Crippen LogP contribution in [0.15, 0.2) is 48.8 Å². The highest BCUT2D eigenvalue weighted by Crippen LogP contribution is 2.35. The zero-order valence-electron chi connectivity index (χ0n) is 16.1. The molecule has 2 atom stereocenters. The maximum Gasteiger partial charge on any atom is 0.322 e. The van der Waals surface area contributed by atoms with E-state index in [0.29, 0.717) is 36.9 Å². The van der Waals surface area contributed by atoms with Gasteiger partial charge in [0.1, 0.15) is 11.5 Å². The molecule has 2 amide bonds. The van der Waals surface area contributed by atoms with Crippen molar-refractivity contribution in [2.45, 2.75) is 31.4 Å². The van der Waals surface area contributed by atoms with E-state index in [1.54, 1.807) is 15.6 Å². The van der Waals surface area contributed by atoms with Crippen LogP contribution in [-0.2, 0) is 0 Å². The second-order valence-electron chi connectivity index (χ2n) is 7.69. The summed E-state index contributed by atoms with van der Waals surface area (Å²) in [6.07, 6.45) is 5.88. The topological polar surface area (TPSA) is 86.0 Å². The number of amides is 2. The predicted molar refractivity (Wildman–Crippen MR) is 110 cm³/mol. The molecular weight excluding hydrogens is 368 g/mol. The smallest absolute Gasteiger partial charge is 0.322 e. The number of urea groups is 1. The highest BCUT2D eigenvalue weighted by Gasteiger charge is 2.28. The Labute approximate surface area is 168 Å². The van der Waals surface area contributed by atoms with Crippen molar-refractivity contribution < 1.29 is 9.90 Å². The first-order chi connectivity index (χ1) is 14.2. The van der Waals surface area contributed by atoms with Crippen LogP contribution in [0.2, 0.25) is 0 Å². The number of carbonyl (C=O) groups is 1. The highest BCUT2D eigenvalue weighted by atomic mass is 16.3. The fourth-order valence-corrected chi connectivity index (χ4v) is 4.29. The van der Waals surface area contributed by atoms with Crippen LogP contribution in [0.1, 0.15) is 30.9 Å². The summed E-state index contributed by atoms with van der Waals surface area (Å²) >= 11 is 0. The number of nitrogens with one attached hydrogen (secondary N) is 1. The van der Waals surface area contributed by atoms with Gasteiger partial charge >= 0.3 is 6.03 Å². The first-order valence-electron chi connectivity index (χ1n) is 10.1. The molecule has 150 valence electrons. The molecule has 0 aliphatic carbocycles. The average Bonchev–Trinajstić information content (AvgIpc) is 3.48. The number of rotatable bonds is 3. The van der Waals surface area contributed by atoms with E-state index in [-0.39, 0.29) is 6.03 Å². The first kappa shape index (κ1) is 17.9. The van der Waals surface area contributed by atoms with E-state index >= 15 is 0 Å². The van der Waals surface area contributed by atoms with E-state index in [1.165, 1.54) is 5.56 Å². The molecule has 8 nitrogen and oxygen atoms in total. The minimum Gasteiger partial charge on any atom is -0.391 e. The van der Waals surface area contributed by atoms with Crippen molar-refractivity contribution >= 4 is 23.2 Å². The summed E-state index contributed by atoms with van der Waals surface area (Å²) in [4.78, 5) is 21.3. The van der Waals surface area contributed by atoms with Crippen molar-refractivity contribution in [3.63, 3.8) is 0 Å². The standard InChI is InChI=1S/C21H24N6O2/c28-16-8-11-25(14-16)21(29)23-17-13-22-27-12-9-19(24-20(17)27)26-10-4-7-18(26)15-5-2-1-3-6-15/h1-3,5-6,9,12-13,16,18,28H,4,7-8,10-11,14H2,(H,23,29)/t16-,18+/m0/s1. The molecule has 0 saturated carbocycles. The van der Waals surface area contributed by atoms with E-state index in [1.807, 2.05) is 18.3 Å². The number of likely N-dealkylation sites (tertiary alicyclic amines) is 1. The molecule has 0 unspecified atom stereocenters. The highest BCUT2D eigenvalue weighted by molar-refractivity contribution is 5.93. The van der Waals surface area contributed by atoms with Gasteiger partial charge in [-0.25, -0.2) is 14.3 Å². The molecule has 0 bridgehead atoms. The lowest BCUT2D eigenvalue weighted by atomic mass is 10.0. The van der Waals surface area contributed by atoms with Gasteiger partial charge in [-0.05, 0) is 30.9 Å². The Morgan fingerprint density at radius 1 is 1.14 bits per heavy atom. The molecule has 2 fully saturated rings. The third-order valence-corrected chi connectivity index (χ3v) is 5.78. The van der Waals surface area contributed by atoms with Crippen LogP contribution in [0.4, 0.5) is 16.3 Å². The second-order valence-corrected chi connectivity index (χ2v) is 7.69. The molecule has 29 heavy (non-hydrogen) atoms. The summed E-state index contributed by atoms with van der Waals surface area (Å²) in [5, 5.41) is 16.9. The fourth-order valence-electron chi connectivity index (χ4n) is 4.29. The Bertz CT molecular complexity index is 1020. The molecule has 2 aromatic heterocycles. The van der Waals surface area contributed by atoms with Gasteiger partial charge in [-0.2, -0.15) is 5.10 Å². The third-order valence-electron chi connectivity index (χ3n) is 5.78. The molecule has 8 heteroatoms. The molecule has 3 aromatic rings. The van der Waals surface area contributed by atoms with Crippen molar-refractivity contribution in [3.8, 4) is 0 Å². The van der Waals surface area contributed by atoms with Crippen molar-refractivity contribution in [2.24, 2.45) is 0 Å². The van der Waals surface area contributed by atoms with Gasteiger partial charge in [-0.3, -0.25) is 0 Å². The van der Waals surface area contributed by atoms with E-state index in [0.717, 1.165) is 25.2 Å². The Kier molecular flexibility index (Phi) is 4.55. The Morgan fingerprint density at radius 2 is 2.00 bits per heavy atom. The lowest BCUT2D eigenvalue weighted by Crippen LogP contribution is -2.33. The molecule has 2 saturated heterocycles. The van der Waals surface area contributed by atoms with Crippen LogP contribution < -0.4 is 10.2 Å². The second kappa shape index (κ2) is 7.36. The minimum atomic E-state index is -0.445. The normalized spacial score (nSPS) is 21.8. The number of carbonyl (C=O) groups excluding carboxylic acids is 1. The Hall–Kier alpha value is -3.13. The van der Waals surface area contributed by atoms with Crippen molar-refractivity contribution in [2.75, 3.05) is 29.9 Å². The zero-order valence-corrected chi connectivity index (χ0v) is 16.1. The van der Waals surface area contributed by atoms with Gasteiger partial charge in [-0.1, -0.05) is 30.3 Å². The zero-order chi connectivity index (χ0) is 19.8. The van der Waals surface area contributed by atoms with Crippen LogP contribution in [-0.4, -0.2) is 56.4 Å². The molecule has 2 N–H and O–H groups in total. The SMILES string of the molecule is O=C(Nc1cnn2ccc(N3CCC[C@@H]3c3ccccc3)nc12)N1CC[C@H](O)C1. The van der Waals surface area contributed by atoms with Crippen LogP contribution in [0.3, 0.4) is 0 Å². The van der Waals surface area contributed by atoms with Crippen LogP contribution in [0.5, 0.6) is 0 Å². The summed E-state index contributed by atoms with van der Waals surface area (Å²) in [7, 11) is 0. The lowest BCUT2D eigenvalue weighted by molar-refractivity contribution is 0.176. The Morgan fingerprint density at radius 3 is 2.79 bits per heavy atom. The van der Waals surface area contributed by atoms with Crippen LogP contribution in [0.25, 0.3) is 5.65 Å². The van der Waals surface area contributed by atoms with Crippen molar-refractivity contribution in [1.82, 2.24) is 19.5 Å². The molecular formula is C21H24N6O2. The molecule has 2 aliphatic rings. The number of aromatic nitrogens is 3. The van der Waals surface area contributed by atoms with E-state index in [2.05, 4.69) is 39.6 Å². The predicted octanol–water partition coefficient (Wildman–Crippen LogP) is 2.67. The fraction of sp³-hybridized carbons (Fsp3) is 0.381. The monoisotopic (exact) mass is 392 g/mol. The number of aliphatic hydroxyl groups is 1. The molecule has 1 aromatic carbocycles. The Balaban J connectivity index is 1.41. The third kappa shape index (κ3) is 3.40. The lowest BCUT2D eigenvalue weighted by Gasteiger charge is -2.26. The number of anilines is 2.